The minimum atomic E-state index is -0.374. The van der Waals surface area contributed by atoms with E-state index in [9.17, 15) is 9.59 Å². The first kappa shape index (κ1) is 19.3. The Balaban J connectivity index is 1.42. The summed E-state index contributed by atoms with van der Waals surface area (Å²) in [5, 5.41) is 6.28. The summed E-state index contributed by atoms with van der Waals surface area (Å²) in [6, 6.07) is 6.94. The Morgan fingerprint density at radius 1 is 1.07 bits per heavy atom. The Labute approximate surface area is 167 Å². The van der Waals surface area contributed by atoms with Gasteiger partial charge in [0, 0.05) is 11.7 Å². The molecule has 0 radical (unpaired) electrons. The van der Waals surface area contributed by atoms with Crippen molar-refractivity contribution in [3.63, 3.8) is 0 Å². The van der Waals surface area contributed by atoms with Gasteiger partial charge in [0.1, 0.15) is 0 Å². The number of benzene rings is 1. The molecule has 0 saturated heterocycles. The summed E-state index contributed by atoms with van der Waals surface area (Å²) >= 11 is 0. The third kappa shape index (κ3) is 3.76. The van der Waals surface area contributed by atoms with Gasteiger partial charge in [-0.25, -0.2) is 9.59 Å². The number of carbonyl (C=O) groups excluding carboxylic acids is 2. The van der Waals surface area contributed by atoms with Crippen molar-refractivity contribution in [2.45, 2.75) is 64.3 Å². The second kappa shape index (κ2) is 7.76. The fourth-order valence-corrected chi connectivity index (χ4v) is 6.56. The van der Waals surface area contributed by atoms with Crippen LogP contribution >= 0.6 is 0 Å². The maximum atomic E-state index is 12.8. The third-order valence-corrected chi connectivity index (χ3v) is 7.27. The molecule has 152 valence electrons. The van der Waals surface area contributed by atoms with Crippen LogP contribution in [-0.2, 0) is 4.74 Å². The maximum absolute atomic E-state index is 12.8. The summed E-state index contributed by atoms with van der Waals surface area (Å²) < 4.78 is 4.72. The van der Waals surface area contributed by atoms with E-state index in [-0.39, 0.29) is 18.0 Å². The molecule has 4 bridgehead atoms. The number of ether oxygens (including phenoxy) is 1. The van der Waals surface area contributed by atoms with Crippen LogP contribution in [0, 0.1) is 23.2 Å². The maximum Gasteiger partial charge on any atom is 0.337 e. The van der Waals surface area contributed by atoms with Gasteiger partial charge in [-0.3, -0.25) is 0 Å². The molecule has 0 aromatic heterocycles. The lowest BCUT2D eigenvalue weighted by Crippen LogP contribution is -2.57. The molecule has 5 rings (SSSR count). The SMILES string of the molecule is CCC[C@H](NC(=O)Nc1ccc(C(=O)OC)cc1)C12CC3CC(CC(C3)C1)C2. The van der Waals surface area contributed by atoms with E-state index in [2.05, 4.69) is 17.6 Å². The molecule has 5 heteroatoms. The highest BCUT2D eigenvalue weighted by molar-refractivity contribution is 5.92. The van der Waals surface area contributed by atoms with Gasteiger partial charge in [-0.1, -0.05) is 13.3 Å². The van der Waals surface area contributed by atoms with Crippen LogP contribution in [0.5, 0.6) is 0 Å². The monoisotopic (exact) mass is 384 g/mol. The van der Waals surface area contributed by atoms with E-state index < -0.39 is 0 Å². The zero-order valence-electron chi connectivity index (χ0n) is 17.0. The number of carbonyl (C=O) groups is 2. The molecule has 4 fully saturated rings. The van der Waals surface area contributed by atoms with Crippen molar-refractivity contribution in [3.8, 4) is 0 Å². The highest BCUT2D eigenvalue weighted by Crippen LogP contribution is 2.61. The van der Waals surface area contributed by atoms with Crippen LogP contribution in [0.15, 0.2) is 24.3 Å². The van der Waals surface area contributed by atoms with Gasteiger partial charge in [-0.2, -0.15) is 0 Å². The minimum Gasteiger partial charge on any atom is -0.465 e. The number of esters is 1. The molecule has 4 saturated carbocycles. The standard InChI is InChI=1S/C23H32N2O3/c1-3-4-20(23-12-15-9-16(13-23)11-17(10-15)14-23)25-22(27)24-19-7-5-18(6-8-19)21(26)28-2/h5-8,15-17,20H,3-4,9-14H2,1-2H3,(H2,24,25,27)/t15?,16?,17?,20-,23?/m0/s1. The van der Waals surface area contributed by atoms with Gasteiger partial charge in [-0.15, -0.1) is 0 Å². The summed E-state index contributed by atoms with van der Waals surface area (Å²) in [6.07, 6.45) is 10.2. The topological polar surface area (TPSA) is 67.4 Å². The Bertz CT molecular complexity index is 693. The van der Waals surface area contributed by atoms with E-state index in [1.54, 1.807) is 24.3 Å². The van der Waals surface area contributed by atoms with Crippen molar-refractivity contribution in [2.24, 2.45) is 23.2 Å². The van der Waals surface area contributed by atoms with Gasteiger partial charge < -0.3 is 15.4 Å². The molecule has 0 spiro atoms. The van der Waals surface area contributed by atoms with E-state index >= 15 is 0 Å². The van der Waals surface area contributed by atoms with Crippen molar-refractivity contribution in [1.29, 1.82) is 0 Å². The molecular formula is C23H32N2O3. The Morgan fingerprint density at radius 2 is 1.64 bits per heavy atom. The predicted octanol–water partition coefficient (Wildman–Crippen LogP) is 4.98. The lowest BCUT2D eigenvalue weighted by Gasteiger charge is -2.59. The smallest absolute Gasteiger partial charge is 0.337 e. The van der Waals surface area contributed by atoms with Gasteiger partial charge in [0.15, 0.2) is 0 Å². The normalized spacial score (nSPS) is 31.3. The van der Waals surface area contributed by atoms with E-state index in [1.807, 2.05) is 0 Å². The van der Waals surface area contributed by atoms with E-state index in [4.69, 9.17) is 4.74 Å². The van der Waals surface area contributed by atoms with Crippen molar-refractivity contribution in [2.75, 3.05) is 12.4 Å². The summed E-state index contributed by atoms with van der Waals surface area (Å²) in [7, 11) is 1.36. The second-order valence-electron chi connectivity index (χ2n) is 9.29. The molecule has 4 aliphatic rings. The molecule has 1 aromatic carbocycles. The second-order valence-corrected chi connectivity index (χ2v) is 9.29. The van der Waals surface area contributed by atoms with Gasteiger partial charge in [0.05, 0.1) is 12.7 Å². The van der Waals surface area contributed by atoms with Crippen LogP contribution in [0.25, 0.3) is 0 Å². The molecule has 28 heavy (non-hydrogen) atoms. The highest BCUT2D eigenvalue weighted by Gasteiger charge is 2.54. The average molecular weight is 385 g/mol. The fraction of sp³-hybridized carbons (Fsp3) is 0.652. The van der Waals surface area contributed by atoms with Crippen LogP contribution in [0.1, 0.15) is 68.6 Å². The average Bonchev–Trinajstić information content (AvgIpc) is 2.66. The number of methoxy groups -OCH3 is 1. The number of urea groups is 1. The molecule has 1 atom stereocenters. The van der Waals surface area contributed by atoms with Crippen LogP contribution < -0.4 is 10.6 Å². The first-order chi connectivity index (χ1) is 13.5. The zero-order valence-corrected chi connectivity index (χ0v) is 17.0. The van der Waals surface area contributed by atoms with Gasteiger partial charge in [0.2, 0.25) is 0 Å². The third-order valence-electron chi connectivity index (χ3n) is 7.27. The lowest BCUT2D eigenvalue weighted by molar-refractivity contribution is -0.0727. The van der Waals surface area contributed by atoms with Crippen molar-refractivity contribution in [1.82, 2.24) is 5.32 Å². The van der Waals surface area contributed by atoms with Gasteiger partial charge in [-0.05, 0) is 92.4 Å². The molecule has 0 heterocycles. The van der Waals surface area contributed by atoms with Crippen LogP contribution in [-0.4, -0.2) is 25.2 Å². The number of rotatable bonds is 6. The number of hydrogen-bond acceptors (Lipinski definition) is 3. The van der Waals surface area contributed by atoms with Crippen molar-refractivity contribution < 1.29 is 14.3 Å². The number of anilines is 1. The molecule has 1 aromatic rings. The van der Waals surface area contributed by atoms with Crippen LogP contribution in [0.2, 0.25) is 0 Å². The van der Waals surface area contributed by atoms with Gasteiger partial charge >= 0.3 is 12.0 Å². The lowest BCUT2D eigenvalue weighted by atomic mass is 9.47. The molecule has 0 unspecified atom stereocenters. The number of hydrogen-bond donors (Lipinski definition) is 2. The Kier molecular flexibility index (Phi) is 5.35. The van der Waals surface area contributed by atoms with Crippen molar-refractivity contribution in [3.05, 3.63) is 29.8 Å². The van der Waals surface area contributed by atoms with Gasteiger partial charge in [0.25, 0.3) is 0 Å². The van der Waals surface area contributed by atoms with Crippen LogP contribution in [0.3, 0.4) is 0 Å². The quantitative estimate of drug-likeness (QED) is 0.680. The first-order valence-electron chi connectivity index (χ1n) is 10.8. The molecular weight excluding hydrogens is 352 g/mol. The molecule has 4 aliphatic carbocycles. The number of amides is 2. The molecule has 2 N–H and O–H groups in total. The highest BCUT2D eigenvalue weighted by atomic mass is 16.5. The minimum absolute atomic E-state index is 0.139. The van der Waals surface area contributed by atoms with E-state index in [0.717, 1.165) is 30.6 Å². The first-order valence-corrected chi connectivity index (χ1v) is 10.8. The fourth-order valence-electron chi connectivity index (χ4n) is 6.56. The zero-order chi connectivity index (χ0) is 19.7. The number of nitrogens with one attached hydrogen (secondary N) is 2. The van der Waals surface area contributed by atoms with Crippen LogP contribution in [0.4, 0.5) is 10.5 Å². The summed E-state index contributed by atoms with van der Waals surface area (Å²) in [5.74, 6) is 2.25. The van der Waals surface area contributed by atoms with E-state index in [0.29, 0.717) is 16.7 Å². The molecule has 2 amide bonds. The van der Waals surface area contributed by atoms with Crippen molar-refractivity contribution >= 4 is 17.7 Å². The largest absolute Gasteiger partial charge is 0.465 e. The summed E-state index contributed by atoms with van der Waals surface area (Å²) in [4.78, 5) is 24.3. The molecule has 0 aliphatic heterocycles. The Hall–Kier alpha value is -2.04. The Morgan fingerprint density at radius 3 is 2.14 bits per heavy atom. The summed E-state index contributed by atoms with van der Waals surface area (Å²) in [6.45, 7) is 2.21. The predicted molar refractivity (Wildman–Crippen MR) is 109 cm³/mol. The summed E-state index contributed by atoms with van der Waals surface area (Å²) in [5.41, 5.74) is 1.47. The molecule has 5 nitrogen and oxygen atoms in total. The van der Waals surface area contributed by atoms with E-state index in [1.165, 1.54) is 45.6 Å².